The lowest BCUT2D eigenvalue weighted by Crippen LogP contribution is -2.13. The van der Waals surface area contributed by atoms with Crippen LogP contribution in [-0.4, -0.2) is 11.5 Å². The molecule has 0 amide bonds. The Morgan fingerprint density at radius 3 is 2.50 bits per heavy atom. The highest BCUT2D eigenvalue weighted by molar-refractivity contribution is 5.59. The Hall–Kier alpha value is -2.09. The third-order valence-corrected chi connectivity index (χ3v) is 3.00. The van der Waals surface area contributed by atoms with Crippen molar-refractivity contribution < 1.29 is 9.66 Å². The van der Waals surface area contributed by atoms with Crippen LogP contribution in [0.5, 0.6) is 5.75 Å². The summed E-state index contributed by atoms with van der Waals surface area (Å²) >= 11 is 0. The van der Waals surface area contributed by atoms with E-state index in [2.05, 4.69) is 0 Å². The monoisotopic (exact) mass is 276 g/mol. The van der Waals surface area contributed by atoms with Crippen LogP contribution in [-0.2, 0) is 5.41 Å². The molecule has 0 saturated carbocycles. The van der Waals surface area contributed by atoms with Crippen molar-refractivity contribution >= 4 is 5.69 Å². The van der Waals surface area contributed by atoms with E-state index in [0.717, 1.165) is 18.4 Å². The Morgan fingerprint density at radius 1 is 1.40 bits per heavy atom. The topological polar surface area (TPSA) is 76.2 Å². The van der Waals surface area contributed by atoms with Gasteiger partial charge in [-0.2, -0.15) is 5.26 Å². The van der Waals surface area contributed by atoms with E-state index in [1.54, 1.807) is 6.07 Å². The van der Waals surface area contributed by atoms with Crippen LogP contribution in [0.1, 0.15) is 51.7 Å². The summed E-state index contributed by atoms with van der Waals surface area (Å²) in [7, 11) is 0. The average molecular weight is 276 g/mol. The number of benzene rings is 1. The first kappa shape index (κ1) is 16.0. The van der Waals surface area contributed by atoms with E-state index in [-0.39, 0.29) is 22.4 Å². The maximum Gasteiger partial charge on any atom is 0.312 e. The van der Waals surface area contributed by atoms with Gasteiger partial charge >= 0.3 is 5.69 Å². The number of hydrogen-bond acceptors (Lipinski definition) is 4. The first-order valence-corrected chi connectivity index (χ1v) is 6.67. The molecule has 1 aromatic carbocycles. The number of nitriles is 1. The summed E-state index contributed by atoms with van der Waals surface area (Å²) in [6.45, 7) is 8.23. The lowest BCUT2D eigenvalue weighted by atomic mass is 9.85. The second-order valence-electron chi connectivity index (χ2n) is 5.69. The third kappa shape index (κ3) is 3.70. The molecule has 5 heteroatoms. The van der Waals surface area contributed by atoms with Crippen LogP contribution in [0.3, 0.4) is 0 Å². The average Bonchev–Trinajstić information content (AvgIpc) is 2.37. The minimum absolute atomic E-state index is 0.0824. The Kier molecular flexibility index (Phi) is 5.09. The standard InChI is InChI=1S/C15H20N2O3/c1-5-6-7-20-14-11(10-16)8-12(15(2,3)4)9-13(14)17(18)19/h8-9H,5-7H2,1-4H3. The number of nitro benzene ring substituents is 1. The maximum atomic E-state index is 11.2. The molecular formula is C15H20N2O3. The molecule has 0 saturated heterocycles. The smallest absolute Gasteiger partial charge is 0.312 e. The predicted octanol–water partition coefficient (Wildman–Crippen LogP) is 3.94. The fraction of sp³-hybridized carbons (Fsp3) is 0.533. The van der Waals surface area contributed by atoms with Crippen molar-refractivity contribution in [3.63, 3.8) is 0 Å². The second-order valence-corrected chi connectivity index (χ2v) is 5.69. The van der Waals surface area contributed by atoms with Crippen molar-refractivity contribution in [2.75, 3.05) is 6.61 Å². The van der Waals surface area contributed by atoms with Gasteiger partial charge in [-0.3, -0.25) is 10.1 Å². The van der Waals surface area contributed by atoms with Gasteiger partial charge in [-0.25, -0.2) is 0 Å². The molecule has 1 rings (SSSR count). The number of ether oxygens (including phenoxy) is 1. The lowest BCUT2D eigenvalue weighted by Gasteiger charge is -2.20. The van der Waals surface area contributed by atoms with Crippen LogP contribution in [0, 0.1) is 21.4 Å². The van der Waals surface area contributed by atoms with Gasteiger partial charge in [0, 0.05) is 6.07 Å². The normalized spacial score (nSPS) is 10.9. The van der Waals surface area contributed by atoms with E-state index in [1.807, 2.05) is 33.8 Å². The van der Waals surface area contributed by atoms with E-state index < -0.39 is 4.92 Å². The number of nitrogens with zero attached hydrogens (tertiary/aromatic N) is 2. The van der Waals surface area contributed by atoms with Gasteiger partial charge in [-0.15, -0.1) is 0 Å². The van der Waals surface area contributed by atoms with Gasteiger partial charge in [0.15, 0.2) is 0 Å². The molecule has 0 N–H and O–H groups in total. The first-order valence-electron chi connectivity index (χ1n) is 6.67. The van der Waals surface area contributed by atoms with Crippen molar-refractivity contribution in [1.29, 1.82) is 5.26 Å². The Labute approximate surface area is 119 Å². The van der Waals surface area contributed by atoms with Gasteiger partial charge in [-0.05, 0) is 23.5 Å². The largest absolute Gasteiger partial charge is 0.486 e. The third-order valence-electron chi connectivity index (χ3n) is 3.00. The highest BCUT2D eigenvalue weighted by Crippen LogP contribution is 2.36. The second kappa shape index (κ2) is 6.38. The van der Waals surface area contributed by atoms with Gasteiger partial charge in [0.2, 0.25) is 5.75 Å². The molecule has 0 aliphatic heterocycles. The quantitative estimate of drug-likeness (QED) is 0.463. The molecule has 0 unspecified atom stereocenters. The summed E-state index contributed by atoms with van der Waals surface area (Å²) in [6, 6.07) is 5.18. The summed E-state index contributed by atoms with van der Waals surface area (Å²) < 4.78 is 5.46. The summed E-state index contributed by atoms with van der Waals surface area (Å²) in [5.41, 5.74) is 0.576. The molecule has 0 fully saturated rings. The predicted molar refractivity (Wildman–Crippen MR) is 76.9 cm³/mol. The Bertz CT molecular complexity index is 539. The van der Waals surface area contributed by atoms with E-state index in [4.69, 9.17) is 4.74 Å². The molecule has 0 spiro atoms. The number of rotatable bonds is 5. The molecule has 20 heavy (non-hydrogen) atoms. The maximum absolute atomic E-state index is 11.2. The van der Waals surface area contributed by atoms with Crippen molar-refractivity contribution in [3.05, 3.63) is 33.4 Å². The minimum atomic E-state index is -0.489. The highest BCUT2D eigenvalue weighted by Gasteiger charge is 2.25. The van der Waals surface area contributed by atoms with Crippen LogP contribution >= 0.6 is 0 Å². The zero-order valence-corrected chi connectivity index (χ0v) is 12.4. The number of unbranched alkanes of at least 4 members (excludes halogenated alkanes) is 1. The van der Waals surface area contributed by atoms with E-state index in [0.29, 0.717) is 6.61 Å². The van der Waals surface area contributed by atoms with Gasteiger partial charge in [0.25, 0.3) is 0 Å². The van der Waals surface area contributed by atoms with Gasteiger partial charge in [0.05, 0.1) is 11.5 Å². The molecule has 1 aromatic rings. The fourth-order valence-electron chi connectivity index (χ4n) is 1.74. The molecule has 0 bridgehead atoms. The van der Waals surface area contributed by atoms with Gasteiger partial charge in [0.1, 0.15) is 11.6 Å². The minimum Gasteiger partial charge on any atom is -0.486 e. The molecule has 0 aliphatic rings. The lowest BCUT2D eigenvalue weighted by molar-refractivity contribution is -0.386. The molecule has 5 nitrogen and oxygen atoms in total. The summed E-state index contributed by atoms with van der Waals surface area (Å²) in [5.74, 6) is 0.0824. The first-order chi connectivity index (χ1) is 9.31. The van der Waals surface area contributed by atoms with E-state index in [1.165, 1.54) is 6.07 Å². The molecule has 0 aliphatic carbocycles. The van der Waals surface area contributed by atoms with Crippen molar-refractivity contribution in [2.45, 2.75) is 46.0 Å². The number of nitro groups is 1. The van der Waals surface area contributed by atoms with Crippen LogP contribution in [0.25, 0.3) is 0 Å². The van der Waals surface area contributed by atoms with Crippen molar-refractivity contribution in [1.82, 2.24) is 0 Å². The molecule has 0 aromatic heterocycles. The van der Waals surface area contributed by atoms with E-state index >= 15 is 0 Å². The summed E-state index contributed by atoms with van der Waals surface area (Å²) in [4.78, 5) is 10.7. The molecule has 108 valence electrons. The number of hydrogen-bond donors (Lipinski definition) is 0. The van der Waals surface area contributed by atoms with Crippen LogP contribution < -0.4 is 4.74 Å². The van der Waals surface area contributed by atoms with Crippen LogP contribution in [0.2, 0.25) is 0 Å². The van der Waals surface area contributed by atoms with Gasteiger partial charge in [-0.1, -0.05) is 34.1 Å². The van der Waals surface area contributed by atoms with Gasteiger partial charge < -0.3 is 4.74 Å². The highest BCUT2D eigenvalue weighted by atomic mass is 16.6. The zero-order valence-electron chi connectivity index (χ0n) is 12.4. The zero-order chi connectivity index (χ0) is 15.3. The van der Waals surface area contributed by atoms with Crippen LogP contribution in [0.15, 0.2) is 12.1 Å². The molecule has 0 radical (unpaired) electrons. The van der Waals surface area contributed by atoms with E-state index in [9.17, 15) is 15.4 Å². The van der Waals surface area contributed by atoms with Crippen molar-refractivity contribution in [2.24, 2.45) is 0 Å². The van der Waals surface area contributed by atoms with Crippen LogP contribution in [0.4, 0.5) is 5.69 Å². The summed E-state index contributed by atoms with van der Waals surface area (Å²) in [6.07, 6.45) is 1.72. The SMILES string of the molecule is CCCCOc1c(C#N)cc(C(C)(C)C)cc1[N+](=O)[O-]. The Balaban J connectivity index is 3.34. The Morgan fingerprint density at radius 2 is 2.05 bits per heavy atom. The molecule has 0 atom stereocenters. The van der Waals surface area contributed by atoms with Crippen molar-refractivity contribution in [3.8, 4) is 11.8 Å². The fourth-order valence-corrected chi connectivity index (χ4v) is 1.74. The molecular weight excluding hydrogens is 256 g/mol. The summed E-state index contributed by atoms with van der Waals surface area (Å²) in [5, 5.41) is 20.4. The molecule has 0 heterocycles.